The molecule has 7 heteroatoms. The lowest BCUT2D eigenvalue weighted by Gasteiger charge is -2.05. The smallest absolute Gasteiger partial charge is 0.350 e. The number of esters is 1. The van der Waals surface area contributed by atoms with Crippen LogP contribution in [0.4, 0.5) is 0 Å². The van der Waals surface area contributed by atoms with E-state index in [-0.39, 0.29) is 12.2 Å². The van der Waals surface area contributed by atoms with Gasteiger partial charge in [-0.2, -0.15) is 5.26 Å². The van der Waals surface area contributed by atoms with Crippen LogP contribution in [0.3, 0.4) is 0 Å². The lowest BCUT2D eigenvalue weighted by atomic mass is 10.3. The summed E-state index contributed by atoms with van der Waals surface area (Å²) in [6, 6.07) is 4.71. The van der Waals surface area contributed by atoms with Crippen molar-refractivity contribution in [1.82, 2.24) is 15.8 Å². The summed E-state index contributed by atoms with van der Waals surface area (Å²) in [5.41, 5.74) is 4.83. The fourth-order valence-electron chi connectivity index (χ4n) is 1.09. The number of nitrogens with one attached hydrogen (secondary N) is 2. The number of amides is 1. The number of carbonyl (C=O) groups is 2. The Kier molecular flexibility index (Phi) is 5.56. The number of carbonyl (C=O) groups excluding carboxylic acids is 2. The van der Waals surface area contributed by atoms with E-state index in [0.29, 0.717) is 5.56 Å². The summed E-state index contributed by atoms with van der Waals surface area (Å²) < 4.78 is 4.65. The third kappa shape index (κ3) is 4.47. The maximum absolute atomic E-state index is 11.6. The number of hydrazine groups is 1. The summed E-state index contributed by atoms with van der Waals surface area (Å²) in [6.45, 7) is 1.80. The molecule has 0 bridgehead atoms. The SMILES string of the molecule is CCOC(=O)/C(C#N)=C/NNC(=O)c1ccncc1. The van der Waals surface area contributed by atoms with Gasteiger partial charge in [0.15, 0.2) is 5.57 Å². The van der Waals surface area contributed by atoms with E-state index >= 15 is 0 Å². The van der Waals surface area contributed by atoms with Gasteiger partial charge >= 0.3 is 5.97 Å². The van der Waals surface area contributed by atoms with E-state index < -0.39 is 11.9 Å². The summed E-state index contributed by atoms with van der Waals surface area (Å²) in [5, 5.41) is 8.73. The highest BCUT2D eigenvalue weighted by molar-refractivity contribution is 5.94. The number of nitriles is 1. The summed E-state index contributed by atoms with van der Waals surface area (Å²) in [5.74, 6) is -1.17. The van der Waals surface area contributed by atoms with E-state index in [4.69, 9.17) is 5.26 Å². The van der Waals surface area contributed by atoms with Crippen LogP contribution in [0.1, 0.15) is 17.3 Å². The third-order valence-corrected chi connectivity index (χ3v) is 1.96. The van der Waals surface area contributed by atoms with Gasteiger partial charge in [0.05, 0.1) is 6.61 Å². The van der Waals surface area contributed by atoms with Gasteiger partial charge in [-0.05, 0) is 19.1 Å². The number of ether oxygens (including phenoxy) is 1. The lowest BCUT2D eigenvalue weighted by Crippen LogP contribution is -2.34. The molecule has 0 saturated carbocycles. The molecule has 0 aliphatic heterocycles. The second kappa shape index (κ2) is 7.45. The highest BCUT2D eigenvalue weighted by atomic mass is 16.5. The van der Waals surface area contributed by atoms with Crippen LogP contribution in [0, 0.1) is 11.3 Å². The molecule has 1 heterocycles. The van der Waals surface area contributed by atoms with Gasteiger partial charge in [-0.25, -0.2) is 4.79 Å². The number of hydrogen-bond donors (Lipinski definition) is 2. The normalized spacial score (nSPS) is 10.2. The van der Waals surface area contributed by atoms with Crippen molar-refractivity contribution >= 4 is 11.9 Å². The minimum Gasteiger partial charge on any atom is -0.462 e. The highest BCUT2D eigenvalue weighted by Crippen LogP contribution is 1.96. The van der Waals surface area contributed by atoms with Crippen LogP contribution in [0.15, 0.2) is 36.3 Å². The molecule has 1 rings (SSSR count). The quantitative estimate of drug-likeness (QED) is 0.341. The Morgan fingerprint density at radius 3 is 2.74 bits per heavy atom. The average molecular weight is 260 g/mol. The molecule has 0 radical (unpaired) electrons. The zero-order chi connectivity index (χ0) is 14.1. The van der Waals surface area contributed by atoms with E-state index in [2.05, 4.69) is 20.6 Å². The molecule has 0 fully saturated rings. The monoisotopic (exact) mass is 260 g/mol. The van der Waals surface area contributed by atoms with Crippen molar-refractivity contribution in [2.24, 2.45) is 0 Å². The van der Waals surface area contributed by atoms with Gasteiger partial charge < -0.3 is 10.2 Å². The fraction of sp³-hybridized carbons (Fsp3) is 0.167. The predicted octanol–water partition coefficient (Wildman–Crippen LogP) is 0.287. The summed E-state index contributed by atoms with van der Waals surface area (Å²) in [7, 11) is 0. The van der Waals surface area contributed by atoms with Gasteiger partial charge in [0.2, 0.25) is 0 Å². The fourth-order valence-corrected chi connectivity index (χ4v) is 1.09. The standard InChI is InChI=1S/C12H12N4O3/c1-2-19-12(18)10(7-13)8-15-16-11(17)9-3-5-14-6-4-9/h3-6,8,15H,2H2,1H3,(H,16,17)/b10-8+. The minimum absolute atomic E-state index is 0.168. The first-order chi connectivity index (χ1) is 9.19. The Morgan fingerprint density at radius 1 is 1.47 bits per heavy atom. The molecule has 1 aromatic heterocycles. The number of aromatic nitrogens is 1. The molecule has 0 aliphatic carbocycles. The summed E-state index contributed by atoms with van der Waals surface area (Å²) >= 11 is 0. The molecule has 0 aliphatic rings. The maximum atomic E-state index is 11.6. The van der Waals surface area contributed by atoms with Gasteiger partial charge in [0, 0.05) is 24.2 Å². The zero-order valence-corrected chi connectivity index (χ0v) is 10.2. The van der Waals surface area contributed by atoms with Gasteiger partial charge in [-0.3, -0.25) is 15.2 Å². The van der Waals surface area contributed by atoms with Crippen LogP contribution in [0.5, 0.6) is 0 Å². The number of pyridine rings is 1. The molecule has 0 saturated heterocycles. The highest BCUT2D eigenvalue weighted by Gasteiger charge is 2.09. The molecular weight excluding hydrogens is 248 g/mol. The first-order valence-corrected chi connectivity index (χ1v) is 5.42. The summed E-state index contributed by atoms with van der Waals surface area (Å²) in [6.07, 6.45) is 4.02. The lowest BCUT2D eigenvalue weighted by molar-refractivity contribution is -0.138. The number of rotatable bonds is 5. The van der Waals surface area contributed by atoms with Gasteiger partial charge in [-0.15, -0.1) is 0 Å². The van der Waals surface area contributed by atoms with E-state index in [1.165, 1.54) is 24.5 Å². The van der Waals surface area contributed by atoms with Crippen molar-refractivity contribution in [3.8, 4) is 6.07 Å². The molecule has 7 nitrogen and oxygen atoms in total. The minimum atomic E-state index is -0.754. The molecule has 0 atom stereocenters. The van der Waals surface area contributed by atoms with Crippen LogP contribution in [0.2, 0.25) is 0 Å². The Bertz CT molecular complexity index is 520. The Hall–Kier alpha value is -2.88. The second-order valence-electron chi connectivity index (χ2n) is 3.22. The Morgan fingerprint density at radius 2 is 2.16 bits per heavy atom. The van der Waals surface area contributed by atoms with Crippen LogP contribution in [-0.4, -0.2) is 23.5 Å². The molecule has 0 unspecified atom stereocenters. The summed E-state index contributed by atoms with van der Waals surface area (Å²) in [4.78, 5) is 26.6. The van der Waals surface area contributed by atoms with Crippen LogP contribution in [-0.2, 0) is 9.53 Å². The van der Waals surface area contributed by atoms with E-state index in [9.17, 15) is 9.59 Å². The number of nitrogens with zero attached hydrogens (tertiary/aromatic N) is 2. The largest absolute Gasteiger partial charge is 0.462 e. The van der Waals surface area contributed by atoms with E-state index in [1.807, 2.05) is 0 Å². The zero-order valence-electron chi connectivity index (χ0n) is 10.2. The molecule has 1 aromatic rings. The van der Waals surface area contributed by atoms with E-state index in [0.717, 1.165) is 6.20 Å². The number of hydrogen-bond acceptors (Lipinski definition) is 6. The Balaban J connectivity index is 2.55. The van der Waals surface area contributed by atoms with Crippen molar-refractivity contribution in [3.05, 3.63) is 41.9 Å². The van der Waals surface area contributed by atoms with Crippen LogP contribution in [0.25, 0.3) is 0 Å². The van der Waals surface area contributed by atoms with Gasteiger partial charge in [-0.1, -0.05) is 0 Å². The van der Waals surface area contributed by atoms with Crippen LogP contribution < -0.4 is 10.9 Å². The topological polar surface area (TPSA) is 104 Å². The molecule has 19 heavy (non-hydrogen) atoms. The van der Waals surface area contributed by atoms with Crippen molar-refractivity contribution in [3.63, 3.8) is 0 Å². The van der Waals surface area contributed by atoms with Crippen molar-refractivity contribution < 1.29 is 14.3 Å². The first-order valence-electron chi connectivity index (χ1n) is 5.42. The molecular formula is C12H12N4O3. The molecule has 0 spiro atoms. The van der Waals surface area contributed by atoms with Crippen molar-refractivity contribution in [1.29, 1.82) is 5.26 Å². The average Bonchev–Trinajstić information content (AvgIpc) is 2.44. The van der Waals surface area contributed by atoms with Crippen LogP contribution >= 0.6 is 0 Å². The van der Waals surface area contributed by atoms with Crippen molar-refractivity contribution in [2.75, 3.05) is 6.61 Å². The molecule has 1 amide bonds. The molecule has 0 aromatic carbocycles. The molecule has 2 N–H and O–H groups in total. The van der Waals surface area contributed by atoms with Gasteiger partial charge in [0.25, 0.3) is 5.91 Å². The Labute approximate surface area is 109 Å². The maximum Gasteiger partial charge on any atom is 0.350 e. The van der Waals surface area contributed by atoms with E-state index in [1.54, 1.807) is 13.0 Å². The molecule has 98 valence electrons. The second-order valence-corrected chi connectivity index (χ2v) is 3.22. The predicted molar refractivity (Wildman–Crippen MR) is 65.2 cm³/mol. The van der Waals surface area contributed by atoms with Crippen molar-refractivity contribution in [2.45, 2.75) is 6.92 Å². The first kappa shape index (κ1) is 14.2. The third-order valence-electron chi connectivity index (χ3n) is 1.96. The van der Waals surface area contributed by atoms with Gasteiger partial charge in [0.1, 0.15) is 6.07 Å².